The first-order valence-corrected chi connectivity index (χ1v) is 42.8. The summed E-state index contributed by atoms with van der Waals surface area (Å²) in [5.74, 6) is -5.99. The fourth-order valence-corrected chi connectivity index (χ4v) is 15.7. The first-order chi connectivity index (χ1) is 59.7. The topological polar surface area (TPSA) is 591 Å². The van der Waals surface area contributed by atoms with Gasteiger partial charge in [0.1, 0.15) is 78.8 Å². The Labute approximate surface area is 728 Å². The summed E-state index contributed by atoms with van der Waals surface area (Å²) in [6, 6.07) is 22.6. The van der Waals surface area contributed by atoms with Crippen LogP contribution in [0.3, 0.4) is 0 Å². The number of aliphatic hydroxyl groups excluding tert-OH is 10. The number of ether oxygens (including phenoxy) is 1. The first-order valence-electron chi connectivity index (χ1n) is 41.9. The van der Waals surface area contributed by atoms with Gasteiger partial charge in [-0.15, -0.1) is 0 Å². The van der Waals surface area contributed by atoms with Crippen molar-refractivity contribution in [2.24, 2.45) is 5.73 Å². The van der Waals surface area contributed by atoms with Gasteiger partial charge >= 0.3 is 5.97 Å². The number of carbonyl (C=O) groups is 9. The molecule has 0 spiro atoms. The Morgan fingerprint density at radius 2 is 1.22 bits per heavy atom. The van der Waals surface area contributed by atoms with Gasteiger partial charge in [0, 0.05) is 115 Å². The minimum absolute atomic E-state index is 0.0228. The van der Waals surface area contributed by atoms with E-state index < -0.39 is 170 Å². The molecule has 23 N–H and O–H groups in total. The molecule has 4 aromatic carbocycles. The molecule has 1 aliphatic carbocycles. The second kappa shape index (κ2) is 48.8. The molecule has 0 radical (unpaired) electrons. The van der Waals surface area contributed by atoms with E-state index in [-0.39, 0.29) is 74.6 Å². The zero-order chi connectivity index (χ0) is 91.1. The van der Waals surface area contributed by atoms with Crippen LogP contribution >= 0.6 is 12.0 Å². The van der Waals surface area contributed by atoms with Crippen LogP contribution in [0.5, 0.6) is 5.75 Å². The van der Waals surface area contributed by atoms with Gasteiger partial charge in [-0.25, -0.2) is 0 Å². The summed E-state index contributed by atoms with van der Waals surface area (Å²) in [4.78, 5) is 125. The number of guanidine groups is 1. The zero-order valence-corrected chi connectivity index (χ0v) is 71.3. The summed E-state index contributed by atoms with van der Waals surface area (Å²) >= 11 is 0.880. The third-order valence-electron chi connectivity index (χ3n) is 22.3. The van der Waals surface area contributed by atoms with E-state index in [4.69, 9.17) is 15.9 Å². The quantitative estimate of drug-likeness (QED) is 0.00510. The Morgan fingerprint density at radius 3 is 1.85 bits per heavy atom. The number of allylic oxidation sites excluding steroid dienone is 7. The van der Waals surface area contributed by atoms with Gasteiger partial charge in [0.05, 0.1) is 43.8 Å². The van der Waals surface area contributed by atoms with Crippen LogP contribution in [0.15, 0.2) is 144 Å². The van der Waals surface area contributed by atoms with Crippen molar-refractivity contribution in [2.75, 3.05) is 69.7 Å². The van der Waals surface area contributed by atoms with Gasteiger partial charge in [-0.05, 0) is 161 Å². The van der Waals surface area contributed by atoms with E-state index in [1.807, 2.05) is 94.5 Å². The van der Waals surface area contributed by atoms with Gasteiger partial charge in [0.15, 0.2) is 11.7 Å². The fourth-order valence-electron chi connectivity index (χ4n) is 15.3. The van der Waals surface area contributed by atoms with Gasteiger partial charge in [-0.1, -0.05) is 74.9 Å². The minimum atomic E-state index is -1.92. The van der Waals surface area contributed by atoms with Crippen molar-refractivity contribution < 1.29 is 123 Å². The number of amides is 8. The Hall–Kier alpha value is -10.6. The molecule has 8 amide bonds. The van der Waals surface area contributed by atoms with Crippen LogP contribution in [-0.4, -0.2) is 263 Å². The molecule has 12 atom stereocenters. The highest BCUT2D eigenvalue weighted by molar-refractivity contribution is 7.94. The highest BCUT2D eigenvalue weighted by atomic mass is 32.2. The average molecular weight is 1760 g/mol. The van der Waals surface area contributed by atoms with Crippen LogP contribution in [0.4, 0.5) is 11.4 Å². The molecular formula is C87H119N13O24S. The molecule has 0 saturated carbocycles. The number of carboxylic acid groups (broad SMARTS) is 1. The SMILES string of the molecule is CC1(C)C(/C=C/C2=C(Oc3ccccc3)C(=C/C=C3/N(CCCCCC(=O)NCCCCC4NC(=O)[C@@H](Cc5ccccc5)NC(=O)[C@H](CC(=O)O)NC(=O)CNC(=O)[C@H](CCCNC(=N)N)NC4=O)c4ccc(C(=O)NCC(O)C(O)C(O)C(O)CO)cc4C3(C)C)/CCC2)=[N+](CCCCSOO[O-])c2ccc(C(=O)NCC(O)C(O)C(O)C(O)CO)cc21. The van der Waals surface area contributed by atoms with E-state index in [9.17, 15) is 105 Å². The van der Waals surface area contributed by atoms with Crippen LogP contribution in [0.1, 0.15) is 161 Å². The lowest BCUT2D eigenvalue weighted by Crippen LogP contribution is -2.58. The van der Waals surface area contributed by atoms with Gasteiger partial charge in [-0.3, -0.25) is 53.6 Å². The zero-order valence-electron chi connectivity index (χ0n) is 70.5. The molecular weight excluding hydrogens is 1640 g/mol. The maximum Gasteiger partial charge on any atom is 0.305 e. The van der Waals surface area contributed by atoms with E-state index in [1.165, 1.54) is 0 Å². The first kappa shape index (κ1) is 99.9. The fraction of sp³-hybridized carbons (Fsp3) is 0.506. The van der Waals surface area contributed by atoms with Gasteiger partial charge in [-0.2, -0.15) is 8.91 Å². The van der Waals surface area contributed by atoms with E-state index in [1.54, 1.807) is 54.6 Å². The van der Waals surface area contributed by atoms with Crippen LogP contribution in [0.2, 0.25) is 0 Å². The third kappa shape index (κ3) is 28.7. The Morgan fingerprint density at radius 1 is 0.632 bits per heavy atom. The number of carboxylic acids is 1. The molecule has 682 valence electrons. The number of benzene rings is 4. The number of unbranched alkanes of at least 4 members (excludes halogenated alkanes) is 4. The second-order valence-corrected chi connectivity index (χ2v) is 33.0. The number of nitrogens with two attached hydrogens (primary N) is 1. The molecule has 8 rings (SSSR count). The molecule has 0 bridgehead atoms. The molecule has 3 aliphatic heterocycles. The molecule has 37 nitrogen and oxygen atoms in total. The normalized spacial score (nSPS) is 20.6. The highest BCUT2D eigenvalue weighted by Gasteiger charge is 2.46. The lowest BCUT2D eigenvalue weighted by atomic mass is 9.80. The smallest absolute Gasteiger partial charge is 0.305 e. The van der Waals surface area contributed by atoms with E-state index in [2.05, 4.69) is 66.7 Å². The minimum Gasteiger partial charge on any atom is -0.691 e. The maximum absolute atomic E-state index is 14.4. The number of nitrogens with zero attached hydrogens (tertiary/aromatic N) is 2. The number of para-hydroxylation sites is 1. The van der Waals surface area contributed by atoms with Crippen molar-refractivity contribution in [1.82, 2.24) is 47.9 Å². The van der Waals surface area contributed by atoms with Crippen molar-refractivity contribution in [3.63, 3.8) is 0 Å². The van der Waals surface area contributed by atoms with Crippen LogP contribution in [0, 0.1) is 5.41 Å². The summed E-state index contributed by atoms with van der Waals surface area (Å²) in [6.45, 7) is 5.82. The molecule has 4 aliphatic rings. The molecule has 0 aromatic heterocycles. The second-order valence-electron chi connectivity index (χ2n) is 32.2. The van der Waals surface area contributed by atoms with Crippen LogP contribution < -0.4 is 68.5 Å². The molecule has 4 aromatic rings. The molecule has 1 fully saturated rings. The van der Waals surface area contributed by atoms with Gasteiger partial charge < -0.3 is 125 Å². The lowest BCUT2D eigenvalue weighted by Gasteiger charge is -2.27. The largest absolute Gasteiger partial charge is 0.691 e. The standard InChI is InChI=1S/C87H119N13O24S/c1-86(2)57-43-54(79(115)92-46-65(103)74(111)76(113)67(105)49-101)29-33-63(57)99(39-15-7-12-28-71(107)90-37-14-13-26-60-82(118)96-59(27-19-38-91-85(88)89)81(117)94-48-72(108)95-62(45-73(109)110)84(120)98-61(83(119)97-60)42-51-20-8-5-9-21-51)69(86)35-31-52-22-18-23-53(78(52)122-56-24-10-6-11-25-56)32-36-70-87(3,4)58-44-55(30-34-64(58)100(70)40-16-17-41-125-124-123-121)80(116)93-47-66(104)75(112)77(114)68(106)50-102/h5-6,8-11,20-21,24-25,29-36,43-44,59-62,65-68,74-77,101-106,111-114H,7,12-19,22-23,26-28,37-42,45-50H2,1-4H3,(H13-,88,89,90,91,92,93,94,95,96,97,98,107,108,109,110,115,116,117,118,119,120,121)/t59-,60?,61+,62-,65?,66?,67?,68?,74?,75?,76?,77?/m0/s1. The number of aliphatic hydroxyl groups is 10. The Balaban J connectivity index is 1.03. The predicted molar refractivity (Wildman–Crippen MR) is 458 cm³/mol. The van der Waals surface area contributed by atoms with Crippen LogP contribution in [0.25, 0.3) is 0 Å². The molecule has 3 heterocycles. The summed E-state index contributed by atoms with van der Waals surface area (Å²) in [6.07, 6.45) is -1.77. The summed E-state index contributed by atoms with van der Waals surface area (Å²) in [7, 11) is 0. The van der Waals surface area contributed by atoms with Crippen LogP contribution in [-0.2, 0) is 60.2 Å². The van der Waals surface area contributed by atoms with E-state index in [0.29, 0.717) is 93.7 Å². The number of rotatable bonds is 45. The maximum atomic E-state index is 14.4. The number of anilines is 1. The number of hydrogen-bond donors (Lipinski definition) is 22. The van der Waals surface area contributed by atoms with E-state index >= 15 is 0 Å². The Kier molecular flexibility index (Phi) is 39.0. The van der Waals surface area contributed by atoms with Crippen molar-refractivity contribution in [3.8, 4) is 5.75 Å². The van der Waals surface area contributed by atoms with Crippen molar-refractivity contribution >= 4 is 88.3 Å². The highest BCUT2D eigenvalue weighted by Crippen LogP contribution is 2.49. The lowest BCUT2D eigenvalue weighted by molar-refractivity contribution is -0.777. The summed E-state index contributed by atoms with van der Waals surface area (Å²) in [5, 5.41) is 156. The average Bonchev–Trinajstić information content (AvgIpc) is 1.59. The monoisotopic (exact) mass is 1760 g/mol. The predicted octanol–water partition coefficient (Wildman–Crippen LogP) is -0.376. The Bertz CT molecular complexity index is 4530. The van der Waals surface area contributed by atoms with Gasteiger partial charge in [0.25, 0.3) is 11.8 Å². The molecule has 1 saturated heterocycles. The third-order valence-corrected chi connectivity index (χ3v) is 22.9. The van der Waals surface area contributed by atoms with Crippen molar-refractivity contribution in [3.05, 3.63) is 172 Å². The molecule has 125 heavy (non-hydrogen) atoms. The molecule has 38 heteroatoms. The number of fused-ring (bicyclic) bond motifs is 2. The number of aliphatic carboxylic acids is 1. The number of hydrogen-bond acceptors (Lipinski definition) is 26. The molecule has 9 unspecified atom stereocenters. The van der Waals surface area contributed by atoms with Crippen molar-refractivity contribution in [2.45, 2.75) is 214 Å². The summed E-state index contributed by atoms with van der Waals surface area (Å²) < 4.78 is 13.6. The van der Waals surface area contributed by atoms with Gasteiger partial charge in [0.2, 0.25) is 41.1 Å². The van der Waals surface area contributed by atoms with E-state index in [0.717, 1.165) is 57.1 Å². The number of nitrogens with one attached hydrogen (secondary N) is 10. The summed E-state index contributed by atoms with van der Waals surface area (Å²) in [5.41, 5.74) is 11.5. The number of carbonyl (C=O) groups excluding carboxylic acids is 8. The van der Waals surface area contributed by atoms with Crippen molar-refractivity contribution in [1.29, 1.82) is 5.41 Å².